The number of aromatic hydroxyl groups is 1. The molecule has 5 aromatic carbocycles. The fourth-order valence-electron chi connectivity index (χ4n) is 6.13. The standard InChI is InChI=1S/C38H34N2O3/c1-3-5-12-24(4-2)23-42-35-22-31(39-38(40-35)29-17-10-11-18-32(29)41)30-21-34-37(28-16-9-8-15-27(28)30)36-26-14-7-6-13-25(26)19-20-33(36)43-34/h6-11,13-22,24,41H,3-5,12,23H2,1-2H3. The van der Waals surface area contributed by atoms with Crippen LogP contribution in [-0.2, 0) is 0 Å². The first-order valence-corrected chi connectivity index (χ1v) is 15.2. The van der Waals surface area contributed by atoms with Crippen molar-refractivity contribution in [2.75, 3.05) is 6.61 Å². The van der Waals surface area contributed by atoms with Crippen LogP contribution < -0.4 is 4.74 Å². The summed E-state index contributed by atoms with van der Waals surface area (Å²) >= 11 is 0. The molecule has 0 amide bonds. The van der Waals surface area contributed by atoms with Gasteiger partial charge in [0.15, 0.2) is 5.82 Å². The third kappa shape index (κ3) is 4.95. The van der Waals surface area contributed by atoms with E-state index in [2.05, 4.69) is 80.6 Å². The maximum atomic E-state index is 10.7. The largest absolute Gasteiger partial charge is 0.507 e. The van der Waals surface area contributed by atoms with E-state index in [4.69, 9.17) is 19.1 Å². The van der Waals surface area contributed by atoms with Gasteiger partial charge in [-0.1, -0.05) is 99.8 Å². The lowest BCUT2D eigenvalue weighted by Crippen LogP contribution is -2.12. The van der Waals surface area contributed by atoms with Crippen LogP contribution in [0.2, 0.25) is 0 Å². The molecule has 0 fully saturated rings. The van der Waals surface area contributed by atoms with Crippen molar-refractivity contribution in [1.29, 1.82) is 0 Å². The van der Waals surface area contributed by atoms with Gasteiger partial charge in [-0.05, 0) is 58.1 Å². The van der Waals surface area contributed by atoms with Crippen LogP contribution in [-0.4, -0.2) is 21.7 Å². The van der Waals surface area contributed by atoms with Gasteiger partial charge in [-0.15, -0.1) is 0 Å². The van der Waals surface area contributed by atoms with Gasteiger partial charge >= 0.3 is 0 Å². The zero-order valence-electron chi connectivity index (χ0n) is 24.5. The van der Waals surface area contributed by atoms with Crippen LogP contribution in [0.1, 0.15) is 39.5 Å². The third-order valence-electron chi connectivity index (χ3n) is 8.50. The third-order valence-corrected chi connectivity index (χ3v) is 8.50. The van der Waals surface area contributed by atoms with Crippen LogP contribution in [0.3, 0.4) is 0 Å². The molecule has 214 valence electrons. The number of rotatable bonds is 9. The summed E-state index contributed by atoms with van der Waals surface area (Å²) in [4.78, 5) is 9.77. The second-order valence-corrected chi connectivity index (χ2v) is 11.3. The zero-order valence-corrected chi connectivity index (χ0v) is 24.5. The Morgan fingerprint density at radius 3 is 2.30 bits per heavy atom. The summed E-state index contributed by atoms with van der Waals surface area (Å²) in [5.41, 5.74) is 3.86. The van der Waals surface area contributed by atoms with Gasteiger partial charge in [-0.3, -0.25) is 0 Å². The summed E-state index contributed by atoms with van der Waals surface area (Å²) in [7, 11) is 0. The molecule has 7 aromatic rings. The lowest BCUT2D eigenvalue weighted by molar-refractivity contribution is 0.226. The summed E-state index contributed by atoms with van der Waals surface area (Å²) in [5, 5.41) is 17.4. The monoisotopic (exact) mass is 566 g/mol. The van der Waals surface area contributed by atoms with Gasteiger partial charge in [0.1, 0.15) is 16.9 Å². The van der Waals surface area contributed by atoms with E-state index in [9.17, 15) is 5.11 Å². The lowest BCUT2D eigenvalue weighted by atomic mass is 9.95. The number of fused-ring (bicyclic) bond motifs is 7. The number of aromatic nitrogens is 2. The highest BCUT2D eigenvalue weighted by Gasteiger charge is 2.20. The number of para-hydroxylation sites is 1. The Hall–Kier alpha value is -4.90. The van der Waals surface area contributed by atoms with Crippen molar-refractivity contribution in [3.05, 3.63) is 97.1 Å². The fourth-order valence-corrected chi connectivity index (χ4v) is 6.13. The average Bonchev–Trinajstić information content (AvgIpc) is 3.44. The molecule has 43 heavy (non-hydrogen) atoms. The molecule has 7 rings (SSSR count). The molecule has 1 atom stereocenters. The van der Waals surface area contributed by atoms with E-state index < -0.39 is 0 Å². The number of unbranched alkanes of at least 4 members (excludes halogenated alkanes) is 1. The van der Waals surface area contributed by atoms with Crippen molar-refractivity contribution in [1.82, 2.24) is 9.97 Å². The second kappa shape index (κ2) is 11.4. The summed E-state index contributed by atoms with van der Waals surface area (Å²) in [6, 6.07) is 32.2. The highest BCUT2D eigenvalue weighted by molar-refractivity contribution is 6.28. The van der Waals surface area contributed by atoms with Crippen LogP contribution in [0.5, 0.6) is 11.6 Å². The van der Waals surface area contributed by atoms with Crippen molar-refractivity contribution in [3.8, 4) is 34.3 Å². The smallest absolute Gasteiger partial charge is 0.217 e. The van der Waals surface area contributed by atoms with E-state index in [1.165, 1.54) is 23.6 Å². The first-order valence-electron chi connectivity index (χ1n) is 15.2. The zero-order chi connectivity index (χ0) is 29.3. The molecule has 0 saturated heterocycles. The number of ether oxygens (including phenoxy) is 1. The number of phenolic OH excluding ortho intramolecular Hbond substituents is 1. The van der Waals surface area contributed by atoms with Crippen LogP contribution in [0, 0.1) is 5.92 Å². The Balaban J connectivity index is 1.44. The molecule has 0 spiro atoms. The molecular formula is C38H34N2O3. The van der Waals surface area contributed by atoms with Gasteiger partial charge in [-0.25, -0.2) is 4.98 Å². The fraction of sp³-hybridized carbons (Fsp3) is 0.211. The summed E-state index contributed by atoms with van der Waals surface area (Å²) in [5.74, 6) is 1.50. The quantitative estimate of drug-likeness (QED) is 0.188. The maximum absolute atomic E-state index is 10.7. The molecule has 0 radical (unpaired) electrons. The van der Waals surface area contributed by atoms with E-state index >= 15 is 0 Å². The average molecular weight is 567 g/mol. The highest BCUT2D eigenvalue weighted by Crippen LogP contribution is 2.43. The van der Waals surface area contributed by atoms with Crippen molar-refractivity contribution < 1.29 is 14.3 Å². The number of phenols is 1. The second-order valence-electron chi connectivity index (χ2n) is 11.3. The van der Waals surface area contributed by atoms with Gasteiger partial charge in [0, 0.05) is 22.4 Å². The minimum Gasteiger partial charge on any atom is -0.507 e. The van der Waals surface area contributed by atoms with E-state index in [1.54, 1.807) is 12.1 Å². The molecule has 1 N–H and O–H groups in total. The summed E-state index contributed by atoms with van der Waals surface area (Å²) in [6.07, 6.45) is 4.52. The molecule has 5 heteroatoms. The van der Waals surface area contributed by atoms with Crippen molar-refractivity contribution in [2.45, 2.75) is 39.5 Å². The van der Waals surface area contributed by atoms with E-state index in [1.807, 2.05) is 18.2 Å². The Morgan fingerprint density at radius 2 is 1.49 bits per heavy atom. The normalized spacial score (nSPS) is 12.4. The number of benzene rings is 5. The minimum absolute atomic E-state index is 0.129. The molecule has 1 unspecified atom stereocenters. The van der Waals surface area contributed by atoms with Crippen molar-refractivity contribution >= 4 is 43.5 Å². The Morgan fingerprint density at radius 1 is 0.744 bits per heavy atom. The predicted octanol–water partition coefficient (Wildman–Crippen LogP) is 10.3. The van der Waals surface area contributed by atoms with Gasteiger partial charge in [-0.2, -0.15) is 4.98 Å². The van der Waals surface area contributed by atoms with Crippen molar-refractivity contribution in [3.63, 3.8) is 0 Å². The van der Waals surface area contributed by atoms with Crippen LogP contribution >= 0.6 is 0 Å². The first-order chi connectivity index (χ1) is 21.1. The van der Waals surface area contributed by atoms with Gasteiger partial charge in [0.2, 0.25) is 5.88 Å². The molecule has 0 bridgehead atoms. The predicted molar refractivity (Wildman–Crippen MR) is 176 cm³/mol. The Labute approximate surface area is 250 Å². The minimum atomic E-state index is 0.129. The van der Waals surface area contributed by atoms with Gasteiger partial charge in [0.25, 0.3) is 0 Å². The molecule has 0 aliphatic heterocycles. The van der Waals surface area contributed by atoms with E-state index in [-0.39, 0.29) is 5.75 Å². The number of furan rings is 1. The van der Waals surface area contributed by atoms with E-state index in [0.717, 1.165) is 51.1 Å². The number of hydrogen-bond donors (Lipinski definition) is 1. The molecular weight excluding hydrogens is 532 g/mol. The molecule has 2 aromatic heterocycles. The first kappa shape index (κ1) is 27.0. The molecule has 0 aliphatic carbocycles. The molecule has 0 saturated carbocycles. The highest BCUT2D eigenvalue weighted by atomic mass is 16.5. The maximum Gasteiger partial charge on any atom is 0.217 e. The SMILES string of the molecule is CCCCC(CC)COc1cc(-c2cc3oc4ccc5ccccc5c4c3c3ccccc23)nc(-c2ccccc2O)n1. The number of hydrogen-bond acceptors (Lipinski definition) is 5. The topological polar surface area (TPSA) is 68.4 Å². The van der Waals surface area contributed by atoms with Crippen LogP contribution in [0.4, 0.5) is 0 Å². The van der Waals surface area contributed by atoms with Gasteiger partial charge in [0.05, 0.1) is 17.9 Å². The van der Waals surface area contributed by atoms with Crippen molar-refractivity contribution in [2.24, 2.45) is 5.92 Å². The van der Waals surface area contributed by atoms with Crippen LogP contribution in [0.15, 0.2) is 101 Å². The summed E-state index contributed by atoms with van der Waals surface area (Å²) in [6.45, 7) is 5.01. The van der Waals surface area contributed by atoms with Gasteiger partial charge < -0.3 is 14.3 Å². The molecule has 5 nitrogen and oxygen atoms in total. The lowest BCUT2D eigenvalue weighted by Gasteiger charge is -2.16. The van der Waals surface area contributed by atoms with E-state index in [0.29, 0.717) is 35.5 Å². The molecule has 2 heterocycles. The molecule has 0 aliphatic rings. The number of nitrogens with zero attached hydrogens (tertiary/aromatic N) is 2. The Bertz CT molecular complexity index is 2100. The Kier molecular flexibility index (Phi) is 7.15. The summed E-state index contributed by atoms with van der Waals surface area (Å²) < 4.78 is 12.9. The van der Waals surface area contributed by atoms with Crippen LogP contribution in [0.25, 0.3) is 66.1 Å².